The number of carbonyl (C=O) groups excluding carboxylic acids is 1. The van der Waals surface area contributed by atoms with Gasteiger partial charge in [-0.25, -0.2) is 9.18 Å². The molecule has 0 amide bonds. The van der Waals surface area contributed by atoms with Gasteiger partial charge in [-0.1, -0.05) is 18.6 Å². The van der Waals surface area contributed by atoms with Gasteiger partial charge in [0.1, 0.15) is 10.8 Å². The van der Waals surface area contributed by atoms with Gasteiger partial charge in [0.25, 0.3) is 0 Å². The summed E-state index contributed by atoms with van der Waals surface area (Å²) in [6, 6.07) is 6.30. The van der Waals surface area contributed by atoms with Gasteiger partial charge in [0.2, 0.25) is 0 Å². The molecule has 0 fully saturated rings. The lowest BCUT2D eigenvalue weighted by Gasteiger charge is -2.11. The minimum absolute atomic E-state index is 0.271. The van der Waals surface area contributed by atoms with Crippen molar-refractivity contribution in [3.63, 3.8) is 0 Å². The number of thiophene rings is 1. The van der Waals surface area contributed by atoms with E-state index >= 15 is 0 Å². The highest BCUT2D eigenvalue weighted by Crippen LogP contribution is 2.38. The summed E-state index contributed by atoms with van der Waals surface area (Å²) in [6.07, 6.45) is 7.02. The van der Waals surface area contributed by atoms with E-state index in [2.05, 4.69) is 31.7 Å². The van der Waals surface area contributed by atoms with E-state index in [1.54, 1.807) is 28.2 Å². The first-order chi connectivity index (χ1) is 15.9. The number of esters is 1. The Morgan fingerprint density at radius 3 is 2.76 bits per heavy atom. The van der Waals surface area contributed by atoms with Gasteiger partial charge < -0.3 is 15.4 Å². The lowest BCUT2D eigenvalue weighted by molar-refractivity contribution is 0.0527. The largest absolute Gasteiger partial charge is 0.462 e. The van der Waals surface area contributed by atoms with Gasteiger partial charge in [-0.2, -0.15) is 5.10 Å². The Kier molecular flexibility index (Phi) is 7.77. The summed E-state index contributed by atoms with van der Waals surface area (Å²) in [5, 5.41) is 11.9. The molecule has 2 heterocycles. The summed E-state index contributed by atoms with van der Waals surface area (Å²) >= 11 is 10.6. The Morgan fingerprint density at radius 1 is 1.24 bits per heavy atom. The number of aryl methyl sites for hydroxylation is 1. The number of nitrogens with zero attached hydrogens (tertiary/aromatic N) is 2. The molecule has 1 aliphatic carbocycles. The molecular weight excluding hydrogens is 527 g/mol. The summed E-state index contributed by atoms with van der Waals surface area (Å²) in [6.45, 7) is 2.62. The van der Waals surface area contributed by atoms with Crippen molar-refractivity contribution in [1.29, 1.82) is 0 Å². The molecule has 33 heavy (non-hydrogen) atoms. The molecule has 0 saturated heterocycles. The molecular formula is C23H24BrFN4O2S2. The van der Waals surface area contributed by atoms with Crippen LogP contribution in [-0.2, 0) is 24.1 Å². The second-order valence-corrected chi connectivity index (χ2v) is 10.1. The topological polar surface area (TPSA) is 68.2 Å². The molecule has 0 radical (unpaired) electrons. The predicted octanol–water partition coefficient (Wildman–Crippen LogP) is 6.15. The number of thiocarbonyl (C=S) groups is 1. The van der Waals surface area contributed by atoms with E-state index in [1.165, 1.54) is 23.4 Å². The highest BCUT2D eigenvalue weighted by Gasteiger charge is 2.26. The Hall–Kier alpha value is -2.30. The van der Waals surface area contributed by atoms with Gasteiger partial charge >= 0.3 is 5.97 Å². The third-order valence-corrected chi connectivity index (χ3v) is 7.33. The number of fused-ring (bicyclic) bond motifs is 1. The van der Waals surface area contributed by atoms with Gasteiger partial charge in [-0.3, -0.25) is 4.68 Å². The fourth-order valence-electron chi connectivity index (χ4n) is 3.83. The summed E-state index contributed by atoms with van der Waals surface area (Å²) < 4.78 is 21.0. The van der Waals surface area contributed by atoms with Crippen LogP contribution in [0.3, 0.4) is 0 Å². The van der Waals surface area contributed by atoms with Crippen molar-refractivity contribution in [2.45, 2.75) is 45.6 Å². The maximum atomic E-state index is 13.1. The summed E-state index contributed by atoms with van der Waals surface area (Å²) in [5.41, 5.74) is 2.62. The van der Waals surface area contributed by atoms with E-state index in [9.17, 15) is 9.18 Å². The average molecular weight is 552 g/mol. The molecule has 0 spiro atoms. The maximum Gasteiger partial charge on any atom is 0.341 e. The first-order valence-electron chi connectivity index (χ1n) is 10.8. The predicted molar refractivity (Wildman–Crippen MR) is 137 cm³/mol. The second kappa shape index (κ2) is 10.8. The number of ether oxygens (including phenoxy) is 1. The van der Waals surface area contributed by atoms with E-state index in [-0.39, 0.29) is 11.8 Å². The van der Waals surface area contributed by atoms with Gasteiger partial charge in [-0.05, 0) is 84.0 Å². The number of nitrogens with one attached hydrogen (secondary N) is 2. The number of hydrogen-bond acceptors (Lipinski definition) is 5. The number of rotatable bonds is 6. The lowest BCUT2D eigenvalue weighted by atomic mass is 10.1. The minimum atomic E-state index is -0.313. The molecule has 1 aliphatic rings. The molecule has 10 heteroatoms. The third-order valence-electron chi connectivity index (χ3n) is 5.33. The Labute approximate surface area is 209 Å². The van der Waals surface area contributed by atoms with Crippen molar-refractivity contribution in [1.82, 2.24) is 9.78 Å². The molecule has 0 aliphatic heterocycles. The van der Waals surface area contributed by atoms with E-state index < -0.39 is 0 Å². The summed E-state index contributed by atoms with van der Waals surface area (Å²) in [4.78, 5) is 14.0. The van der Waals surface area contributed by atoms with Gasteiger partial charge in [0.15, 0.2) is 10.9 Å². The molecule has 0 unspecified atom stereocenters. The fourth-order valence-corrected chi connectivity index (χ4v) is 5.79. The van der Waals surface area contributed by atoms with E-state index in [1.807, 2.05) is 13.1 Å². The highest BCUT2D eigenvalue weighted by molar-refractivity contribution is 9.10. The number of benzene rings is 1. The van der Waals surface area contributed by atoms with Crippen LogP contribution >= 0.6 is 39.5 Å². The van der Waals surface area contributed by atoms with E-state index in [0.29, 0.717) is 34.6 Å². The standard InChI is InChI=1S/C23H24BrFN4O2S2/c1-2-31-22(30)19-16-6-4-3-5-7-18(16)33-21(19)27-23(32)26-20-17(24)13-29(28-20)12-14-8-10-15(25)11-9-14/h8-11,13H,2-7,12H2,1H3,(H2,26,27,28,32). The van der Waals surface area contributed by atoms with E-state index in [4.69, 9.17) is 17.0 Å². The van der Waals surface area contributed by atoms with Crippen LogP contribution in [0.25, 0.3) is 0 Å². The average Bonchev–Trinajstić information content (AvgIpc) is 3.19. The molecule has 2 N–H and O–H groups in total. The van der Waals surface area contributed by atoms with Crippen molar-refractivity contribution in [3.8, 4) is 0 Å². The Balaban J connectivity index is 1.49. The number of hydrogen-bond donors (Lipinski definition) is 2. The van der Waals surface area contributed by atoms with Crippen LogP contribution in [0.2, 0.25) is 0 Å². The molecule has 1 aromatic carbocycles. The zero-order chi connectivity index (χ0) is 23.4. The van der Waals surface area contributed by atoms with Gasteiger partial charge in [0, 0.05) is 11.1 Å². The van der Waals surface area contributed by atoms with Crippen molar-refractivity contribution in [3.05, 3.63) is 62.3 Å². The van der Waals surface area contributed by atoms with Crippen molar-refractivity contribution in [2.75, 3.05) is 17.2 Å². The van der Waals surface area contributed by atoms with Crippen LogP contribution in [0.15, 0.2) is 34.9 Å². The first kappa shape index (κ1) is 23.8. The van der Waals surface area contributed by atoms with Crippen molar-refractivity contribution in [2.24, 2.45) is 0 Å². The van der Waals surface area contributed by atoms with Crippen molar-refractivity contribution >= 4 is 61.4 Å². The third kappa shape index (κ3) is 5.80. The molecule has 0 saturated carbocycles. The molecule has 4 rings (SSSR count). The molecule has 0 bridgehead atoms. The van der Waals surface area contributed by atoms with Gasteiger partial charge in [0.05, 0.1) is 23.2 Å². The zero-order valence-corrected chi connectivity index (χ0v) is 21.3. The molecule has 3 aromatic rings. The quantitative estimate of drug-likeness (QED) is 0.218. The van der Waals surface area contributed by atoms with Gasteiger partial charge in [-0.15, -0.1) is 11.3 Å². The fraction of sp³-hybridized carbons (Fsp3) is 0.348. The first-order valence-corrected chi connectivity index (χ1v) is 12.8. The molecule has 174 valence electrons. The maximum absolute atomic E-state index is 13.1. The number of halogens is 2. The molecule has 0 atom stereocenters. The second-order valence-electron chi connectivity index (χ2n) is 7.72. The Bertz CT molecular complexity index is 1160. The van der Waals surface area contributed by atoms with Crippen molar-refractivity contribution < 1.29 is 13.9 Å². The molecule has 2 aromatic heterocycles. The minimum Gasteiger partial charge on any atom is -0.462 e. The van der Waals surface area contributed by atoms with E-state index in [0.717, 1.165) is 41.3 Å². The normalized spacial score (nSPS) is 13.2. The smallest absolute Gasteiger partial charge is 0.341 e. The van der Waals surface area contributed by atoms with Crippen LogP contribution in [0.1, 0.15) is 52.5 Å². The van der Waals surface area contributed by atoms with Crippen LogP contribution in [0.5, 0.6) is 0 Å². The molecule has 6 nitrogen and oxygen atoms in total. The van der Waals surface area contributed by atoms with Crippen LogP contribution in [0, 0.1) is 5.82 Å². The SMILES string of the molecule is CCOC(=O)c1c(NC(=S)Nc2nn(Cc3ccc(F)cc3)cc2Br)sc2c1CCCCC2. The number of anilines is 2. The number of aromatic nitrogens is 2. The lowest BCUT2D eigenvalue weighted by Crippen LogP contribution is -2.21. The summed E-state index contributed by atoms with van der Waals surface area (Å²) in [5.74, 6) is -0.0374. The monoisotopic (exact) mass is 550 g/mol. The van der Waals surface area contributed by atoms with Crippen LogP contribution < -0.4 is 10.6 Å². The summed E-state index contributed by atoms with van der Waals surface area (Å²) in [7, 11) is 0. The Morgan fingerprint density at radius 2 is 2.00 bits per heavy atom. The highest BCUT2D eigenvalue weighted by atomic mass is 79.9. The van der Waals surface area contributed by atoms with Crippen LogP contribution in [0.4, 0.5) is 15.2 Å². The zero-order valence-electron chi connectivity index (χ0n) is 18.1. The number of carbonyl (C=O) groups is 1. The van der Waals surface area contributed by atoms with Crippen LogP contribution in [-0.4, -0.2) is 27.5 Å².